The number of amides is 1. The summed E-state index contributed by atoms with van der Waals surface area (Å²) < 4.78 is 11.3. The number of nitrogens with one attached hydrogen (secondary N) is 1. The van der Waals surface area contributed by atoms with Crippen molar-refractivity contribution in [2.45, 2.75) is 45.6 Å². The van der Waals surface area contributed by atoms with E-state index < -0.39 is 0 Å². The highest BCUT2D eigenvalue weighted by atomic mass is 16.5. The number of hydrogen-bond acceptors (Lipinski definition) is 4. The van der Waals surface area contributed by atoms with Crippen LogP contribution in [0.3, 0.4) is 0 Å². The van der Waals surface area contributed by atoms with Crippen molar-refractivity contribution >= 4 is 17.4 Å². The fourth-order valence-electron chi connectivity index (χ4n) is 3.14. The Bertz CT molecular complexity index is 840. The van der Waals surface area contributed by atoms with Gasteiger partial charge in [0.25, 0.3) is 0 Å². The van der Waals surface area contributed by atoms with Gasteiger partial charge in [-0.15, -0.1) is 0 Å². The van der Waals surface area contributed by atoms with Crippen LogP contribution in [0.5, 0.6) is 5.75 Å². The second kappa shape index (κ2) is 9.51. The van der Waals surface area contributed by atoms with E-state index in [0.717, 1.165) is 30.6 Å². The number of benzene rings is 2. The average molecular weight is 381 g/mol. The molecule has 0 aliphatic carbocycles. The molecule has 1 aliphatic rings. The van der Waals surface area contributed by atoms with Gasteiger partial charge in [-0.2, -0.15) is 0 Å². The third kappa shape index (κ3) is 5.67. The van der Waals surface area contributed by atoms with Crippen molar-refractivity contribution in [2.75, 3.05) is 18.5 Å². The molecule has 28 heavy (non-hydrogen) atoms. The van der Waals surface area contributed by atoms with E-state index in [1.54, 1.807) is 6.07 Å². The Morgan fingerprint density at radius 3 is 2.71 bits per heavy atom. The predicted molar refractivity (Wildman–Crippen MR) is 109 cm³/mol. The molecule has 1 fully saturated rings. The molecule has 2 aromatic rings. The molecule has 1 atom stereocenters. The number of ether oxygens (including phenoxy) is 2. The quantitative estimate of drug-likeness (QED) is 0.686. The molecule has 1 heterocycles. The highest BCUT2D eigenvalue weighted by Gasteiger charge is 2.16. The van der Waals surface area contributed by atoms with Gasteiger partial charge in [-0.05, 0) is 56.0 Å². The summed E-state index contributed by atoms with van der Waals surface area (Å²) in [5.41, 5.74) is 3.54. The summed E-state index contributed by atoms with van der Waals surface area (Å²) in [5.74, 6) is 0.486. The first kappa shape index (κ1) is 20.1. The lowest BCUT2D eigenvalue weighted by molar-refractivity contribution is -0.116. The van der Waals surface area contributed by atoms with Gasteiger partial charge < -0.3 is 14.8 Å². The molecule has 1 amide bonds. The lowest BCUT2D eigenvalue weighted by atomic mass is 10.0. The topological polar surface area (TPSA) is 64.6 Å². The van der Waals surface area contributed by atoms with Gasteiger partial charge >= 0.3 is 0 Å². The first-order chi connectivity index (χ1) is 13.5. The Labute approximate surface area is 166 Å². The molecule has 5 heteroatoms. The van der Waals surface area contributed by atoms with Crippen molar-refractivity contribution in [1.29, 1.82) is 0 Å². The molecule has 1 unspecified atom stereocenters. The number of hydrogen-bond donors (Lipinski definition) is 1. The molecule has 1 aliphatic heterocycles. The molecule has 1 saturated heterocycles. The third-order valence-electron chi connectivity index (χ3n) is 4.99. The van der Waals surface area contributed by atoms with Crippen LogP contribution in [0.1, 0.15) is 47.2 Å². The average Bonchev–Trinajstić information content (AvgIpc) is 3.20. The molecule has 1 N–H and O–H groups in total. The van der Waals surface area contributed by atoms with E-state index in [0.29, 0.717) is 23.6 Å². The normalized spacial score (nSPS) is 16.0. The maximum Gasteiger partial charge on any atom is 0.224 e. The molecule has 0 radical (unpaired) electrons. The maximum atomic E-state index is 12.3. The monoisotopic (exact) mass is 381 g/mol. The lowest BCUT2D eigenvalue weighted by Crippen LogP contribution is -2.16. The minimum absolute atomic E-state index is 0.0214. The van der Waals surface area contributed by atoms with Gasteiger partial charge in [0.1, 0.15) is 12.4 Å². The Hall–Kier alpha value is -2.66. The van der Waals surface area contributed by atoms with Crippen LogP contribution < -0.4 is 10.1 Å². The zero-order chi connectivity index (χ0) is 19.9. The van der Waals surface area contributed by atoms with E-state index in [2.05, 4.69) is 5.32 Å². The number of Topliss-reactive ketones (excluding diaryl/α,β-unsaturated/α-hetero) is 1. The molecular formula is C23H27NO4. The number of ketones is 1. The number of anilines is 1. The van der Waals surface area contributed by atoms with Crippen LogP contribution in [-0.4, -0.2) is 31.0 Å². The van der Waals surface area contributed by atoms with E-state index in [1.807, 2.05) is 50.2 Å². The summed E-state index contributed by atoms with van der Waals surface area (Å²) in [6, 6.07) is 12.9. The van der Waals surface area contributed by atoms with Crippen molar-refractivity contribution in [1.82, 2.24) is 0 Å². The molecule has 0 saturated carbocycles. The van der Waals surface area contributed by atoms with E-state index in [1.165, 1.54) is 0 Å². The van der Waals surface area contributed by atoms with Gasteiger partial charge in [0.2, 0.25) is 5.91 Å². The van der Waals surface area contributed by atoms with Gasteiger partial charge in [0.05, 0.1) is 6.10 Å². The molecule has 148 valence electrons. The van der Waals surface area contributed by atoms with Crippen molar-refractivity contribution in [3.8, 4) is 5.75 Å². The van der Waals surface area contributed by atoms with Crippen molar-refractivity contribution in [3.63, 3.8) is 0 Å². The van der Waals surface area contributed by atoms with Gasteiger partial charge in [-0.25, -0.2) is 0 Å². The fourth-order valence-corrected chi connectivity index (χ4v) is 3.14. The second-order valence-corrected chi connectivity index (χ2v) is 7.24. The molecule has 0 spiro atoms. The van der Waals surface area contributed by atoms with Gasteiger partial charge in [0.15, 0.2) is 5.78 Å². The van der Waals surface area contributed by atoms with Crippen molar-refractivity contribution < 1.29 is 19.1 Å². The van der Waals surface area contributed by atoms with Crippen LogP contribution in [-0.2, 0) is 9.53 Å². The molecule has 0 bridgehead atoms. The SMILES string of the molecule is Cc1ccc(C(=O)CCC(=O)Nc2cccc(OCC3CCCO3)c2)cc1C. The first-order valence-corrected chi connectivity index (χ1v) is 9.76. The minimum atomic E-state index is -0.187. The molecular weight excluding hydrogens is 354 g/mol. The van der Waals surface area contributed by atoms with Crippen LogP contribution in [0, 0.1) is 13.8 Å². The Balaban J connectivity index is 1.48. The number of carbonyl (C=O) groups is 2. The van der Waals surface area contributed by atoms with Crippen LogP contribution in [0.25, 0.3) is 0 Å². The molecule has 0 aromatic heterocycles. The molecule has 5 nitrogen and oxygen atoms in total. The standard InChI is InChI=1S/C23H27NO4/c1-16-8-9-18(13-17(16)2)22(25)10-11-23(26)24-19-5-3-6-20(14-19)28-15-21-7-4-12-27-21/h3,5-6,8-9,13-14,21H,4,7,10-12,15H2,1-2H3,(H,24,26). The van der Waals surface area contributed by atoms with Crippen molar-refractivity contribution in [3.05, 3.63) is 59.2 Å². The maximum absolute atomic E-state index is 12.3. The van der Waals surface area contributed by atoms with E-state index >= 15 is 0 Å². The van der Waals surface area contributed by atoms with Gasteiger partial charge in [0, 0.05) is 36.8 Å². The van der Waals surface area contributed by atoms with Gasteiger partial charge in [-0.3, -0.25) is 9.59 Å². The highest BCUT2D eigenvalue weighted by Crippen LogP contribution is 2.20. The first-order valence-electron chi connectivity index (χ1n) is 9.76. The lowest BCUT2D eigenvalue weighted by Gasteiger charge is -2.12. The molecule has 3 rings (SSSR count). The summed E-state index contributed by atoms with van der Waals surface area (Å²) in [6.07, 6.45) is 2.57. The number of rotatable bonds is 8. The second-order valence-electron chi connectivity index (χ2n) is 7.24. The van der Waals surface area contributed by atoms with E-state index in [-0.39, 0.29) is 30.6 Å². The Kier molecular flexibility index (Phi) is 6.82. The predicted octanol–water partition coefficient (Wildman–Crippen LogP) is 4.46. The summed E-state index contributed by atoms with van der Waals surface area (Å²) >= 11 is 0. The summed E-state index contributed by atoms with van der Waals surface area (Å²) in [5, 5.41) is 2.84. The van der Waals surface area contributed by atoms with Crippen LogP contribution in [0.4, 0.5) is 5.69 Å². The van der Waals surface area contributed by atoms with E-state index in [9.17, 15) is 9.59 Å². The van der Waals surface area contributed by atoms with Gasteiger partial charge in [-0.1, -0.05) is 18.2 Å². The smallest absolute Gasteiger partial charge is 0.224 e. The fraction of sp³-hybridized carbons (Fsp3) is 0.391. The largest absolute Gasteiger partial charge is 0.491 e. The number of aryl methyl sites for hydroxylation is 2. The summed E-state index contributed by atoms with van der Waals surface area (Å²) in [4.78, 5) is 24.5. The van der Waals surface area contributed by atoms with Crippen LogP contribution in [0.15, 0.2) is 42.5 Å². The summed E-state index contributed by atoms with van der Waals surface area (Å²) in [6.45, 7) is 5.30. The number of carbonyl (C=O) groups excluding carboxylic acids is 2. The van der Waals surface area contributed by atoms with Crippen LogP contribution >= 0.6 is 0 Å². The Morgan fingerprint density at radius 1 is 1.11 bits per heavy atom. The highest BCUT2D eigenvalue weighted by molar-refractivity contribution is 6.00. The third-order valence-corrected chi connectivity index (χ3v) is 4.99. The van der Waals surface area contributed by atoms with Crippen LogP contribution in [0.2, 0.25) is 0 Å². The summed E-state index contributed by atoms with van der Waals surface area (Å²) in [7, 11) is 0. The Morgan fingerprint density at radius 2 is 1.96 bits per heavy atom. The van der Waals surface area contributed by atoms with E-state index in [4.69, 9.17) is 9.47 Å². The zero-order valence-electron chi connectivity index (χ0n) is 16.5. The molecule has 2 aromatic carbocycles. The minimum Gasteiger partial charge on any atom is -0.491 e. The van der Waals surface area contributed by atoms with Crippen molar-refractivity contribution in [2.24, 2.45) is 0 Å². The zero-order valence-corrected chi connectivity index (χ0v) is 16.5.